The van der Waals surface area contributed by atoms with Crippen LogP contribution in [-0.2, 0) is 16.2 Å². The van der Waals surface area contributed by atoms with Crippen molar-refractivity contribution in [2.45, 2.75) is 13.5 Å². The van der Waals surface area contributed by atoms with Gasteiger partial charge in [0.1, 0.15) is 5.69 Å². The Bertz CT molecular complexity index is 463. The van der Waals surface area contributed by atoms with Crippen molar-refractivity contribution in [3.63, 3.8) is 0 Å². The average molecular weight is 250 g/mol. The van der Waals surface area contributed by atoms with E-state index >= 15 is 0 Å². The molecule has 0 spiro atoms. The highest BCUT2D eigenvalue weighted by atomic mass is 17.1. The summed E-state index contributed by atoms with van der Waals surface area (Å²) in [6, 6.07) is 0. The molecule has 3 N–H and O–H groups in total. The Kier molecular flexibility index (Phi) is 5.33. The molecule has 0 saturated heterocycles. The van der Waals surface area contributed by atoms with Crippen LogP contribution in [0.3, 0.4) is 0 Å². The molecule has 0 atom stereocenters. The molecule has 0 saturated carbocycles. The first-order valence-electron chi connectivity index (χ1n) is 5.12. The van der Waals surface area contributed by atoms with Crippen molar-refractivity contribution in [3.8, 4) is 0 Å². The largest absolute Gasteiger partial charge is 0.379 e. The van der Waals surface area contributed by atoms with Crippen LogP contribution in [0.4, 0.5) is 0 Å². The van der Waals surface area contributed by atoms with Gasteiger partial charge in [-0.25, -0.2) is 4.79 Å². The maximum Gasteiger partial charge on any atom is 0.368 e. The van der Waals surface area contributed by atoms with Crippen molar-refractivity contribution >= 4 is 5.97 Å². The summed E-state index contributed by atoms with van der Waals surface area (Å²) in [7, 11) is 0. The van der Waals surface area contributed by atoms with E-state index in [1.807, 2.05) is 0 Å². The molecule has 7 heteroatoms. The van der Waals surface area contributed by atoms with Crippen LogP contribution in [0.15, 0.2) is 42.3 Å². The Balaban J connectivity index is 2.60. The minimum atomic E-state index is -0.800. The molecule has 0 aliphatic rings. The molecular weight excluding hydrogens is 236 g/mol. The predicted octanol–water partition coefficient (Wildman–Crippen LogP) is 0.927. The van der Waals surface area contributed by atoms with Crippen LogP contribution in [0, 0.1) is 0 Å². The van der Waals surface area contributed by atoms with Crippen LogP contribution in [0.5, 0.6) is 0 Å². The lowest BCUT2D eigenvalue weighted by Crippen LogP contribution is -2.11. The third kappa shape index (κ3) is 4.22. The third-order valence-electron chi connectivity index (χ3n) is 2.08. The molecule has 1 heterocycles. The summed E-state index contributed by atoms with van der Waals surface area (Å²) in [4.78, 5) is 14.5. The average Bonchev–Trinajstić information content (AvgIpc) is 2.90. The molecule has 0 amide bonds. The summed E-state index contributed by atoms with van der Waals surface area (Å²) >= 11 is 0. The highest BCUT2D eigenvalue weighted by molar-refractivity contribution is 5.87. The van der Waals surface area contributed by atoms with Crippen molar-refractivity contribution in [2.24, 2.45) is 0 Å². The zero-order chi connectivity index (χ0) is 13.4. The van der Waals surface area contributed by atoms with Gasteiger partial charge in [0.15, 0.2) is 0 Å². The molecule has 7 nitrogen and oxygen atoms in total. The Morgan fingerprint density at radius 2 is 2.44 bits per heavy atom. The number of nitrogens with zero attached hydrogens (tertiary/aromatic N) is 2. The van der Waals surface area contributed by atoms with E-state index in [4.69, 9.17) is 5.26 Å². The molecule has 0 bridgehead atoms. The Labute approximate surface area is 104 Å². The maximum atomic E-state index is 10.9. The van der Waals surface area contributed by atoms with Gasteiger partial charge in [0.2, 0.25) is 0 Å². The number of nitrogens with one attached hydrogen (secondary N) is 2. The Hall–Kier alpha value is -2.41. The number of hydrogen-bond acceptors (Lipinski definition) is 6. The maximum absolute atomic E-state index is 10.9. The van der Waals surface area contributed by atoms with Crippen LogP contribution in [0.2, 0.25) is 0 Å². The van der Waals surface area contributed by atoms with Crippen molar-refractivity contribution < 1.29 is 14.9 Å². The first kappa shape index (κ1) is 13.7. The van der Waals surface area contributed by atoms with E-state index in [2.05, 4.69) is 32.2 Å². The number of aromatic nitrogens is 3. The van der Waals surface area contributed by atoms with Crippen molar-refractivity contribution in [1.82, 2.24) is 20.7 Å². The molecule has 0 aliphatic carbocycles. The lowest BCUT2D eigenvalue weighted by molar-refractivity contribution is -0.229. The summed E-state index contributed by atoms with van der Waals surface area (Å²) < 4.78 is 0. The van der Waals surface area contributed by atoms with Crippen LogP contribution < -0.4 is 5.32 Å². The van der Waals surface area contributed by atoms with E-state index in [-0.39, 0.29) is 5.57 Å². The fourth-order valence-corrected chi connectivity index (χ4v) is 1.06. The van der Waals surface area contributed by atoms with Crippen LogP contribution >= 0.6 is 0 Å². The van der Waals surface area contributed by atoms with Gasteiger partial charge in [0.05, 0.1) is 12.7 Å². The van der Waals surface area contributed by atoms with Gasteiger partial charge >= 0.3 is 5.97 Å². The normalized spacial score (nSPS) is 12.1. The van der Waals surface area contributed by atoms with Gasteiger partial charge in [-0.2, -0.15) is 20.7 Å². The van der Waals surface area contributed by atoms with Gasteiger partial charge in [0.25, 0.3) is 0 Å². The number of hydrogen-bond donors (Lipinski definition) is 3. The fourth-order valence-electron chi connectivity index (χ4n) is 1.06. The van der Waals surface area contributed by atoms with Crippen molar-refractivity contribution in [2.75, 3.05) is 0 Å². The Morgan fingerprint density at radius 3 is 3.00 bits per heavy atom. The fraction of sp³-hybridized carbons (Fsp3) is 0.182. The smallest absolute Gasteiger partial charge is 0.368 e. The summed E-state index contributed by atoms with van der Waals surface area (Å²) in [5.41, 5.74) is 1.71. The summed E-state index contributed by atoms with van der Waals surface area (Å²) in [5, 5.41) is 21.3. The summed E-state index contributed by atoms with van der Waals surface area (Å²) in [6.07, 6.45) is 6.33. The topological polar surface area (TPSA) is 100 Å². The number of carbonyl (C=O) groups is 1. The predicted molar refractivity (Wildman–Crippen MR) is 64.0 cm³/mol. The van der Waals surface area contributed by atoms with Gasteiger partial charge in [0, 0.05) is 11.3 Å². The number of carbonyl (C=O) groups excluding carboxylic acids is 1. The molecular formula is C11H14N4O3. The molecule has 1 rings (SSSR count). The van der Waals surface area contributed by atoms with E-state index in [0.29, 0.717) is 12.2 Å². The molecule has 0 radical (unpaired) electrons. The molecule has 96 valence electrons. The molecule has 0 aliphatic heterocycles. The van der Waals surface area contributed by atoms with Crippen LogP contribution in [-0.4, -0.2) is 26.6 Å². The lowest BCUT2D eigenvalue weighted by atomic mass is 10.2. The monoisotopic (exact) mass is 250 g/mol. The number of aromatic amines is 1. The van der Waals surface area contributed by atoms with E-state index < -0.39 is 5.97 Å². The van der Waals surface area contributed by atoms with Gasteiger partial charge in [-0.05, 0) is 25.2 Å². The second kappa shape index (κ2) is 7.02. The highest BCUT2D eigenvalue weighted by Gasteiger charge is 2.03. The van der Waals surface area contributed by atoms with Crippen LogP contribution in [0.1, 0.15) is 12.6 Å². The number of H-pyrrole nitrogens is 1. The van der Waals surface area contributed by atoms with E-state index in [1.54, 1.807) is 18.3 Å². The number of rotatable bonds is 6. The quantitative estimate of drug-likeness (QED) is 0.300. The second-order valence-electron chi connectivity index (χ2n) is 3.37. The number of allylic oxidation sites excluding steroid dienone is 3. The van der Waals surface area contributed by atoms with Crippen molar-refractivity contribution in [1.29, 1.82) is 0 Å². The Morgan fingerprint density at radius 1 is 1.67 bits per heavy atom. The lowest BCUT2D eigenvalue weighted by Gasteiger charge is -2.03. The van der Waals surface area contributed by atoms with Crippen LogP contribution in [0.25, 0.3) is 0 Å². The van der Waals surface area contributed by atoms with Gasteiger partial charge in [-0.1, -0.05) is 6.58 Å². The minimum absolute atomic E-state index is 0.264. The zero-order valence-electron chi connectivity index (χ0n) is 9.88. The molecule has 0 fully saturated rings. The van der Waals surface area contributed by atoms with Gasteiger partial charge in [-0.3, -0.25) is 4.89 Å². The first-order valence-corrected chi connectivity index (χ1v) is 5.12. The molecule has 1 aromatic heterocycles. The summed E-state index contributed by atoms with van der Waals surface area (Å²) in [6.45, 7) is 5.63. The van der Waals surface area contributed by atoms with E-state index in [0.717, 1.165) is 5.69 Å². The second-order valence-corrected chi connectivity index (χ2v) is 3.37. The van der Waals surface area contributed by atoms with E-state index in [9.17, 15) is 4.79 Å². The third-order valence-corrected chi connectivity index (χ3v) is 2.08. The van der Waals surface area contributed by atoms with Gasteiger partial charge in [-0.15, -0.1) is 0 Å². The highest BCUT2D eigenvalue weighted by Crippen LogP contribution is 2.00. The van der Waals surface area contributed by atoms with E-state index in [1.165, 1.54) is 13.0 Å². The minimum Gasteiger partial charge on any atom is -0.379 e. The standard InChI is InChI=1S/C11H14N4O3/c1-3-9(5-4-8(2)11(16)18-17)12-6-10-7-13-15-14-10/h3-5,7,12,17H,1,6H2,2H3,(H,13,14,15)/b8-4+,9-5+. The summed E-state index contributed by atoms with van der Waals surface area (Å²) in [5.74, 6) is -0.800. The zero-order valence-corrected chi connectivity index (χ0v) is 9.88. The van der Waals surface area contributed by atoms with Gasteiger partial charge < -0.3 is 5.32 Å². The first-order chi connectivity index (χ1) is 8.67. The SMILES string of the molecule is C=C/C(=C\C=C(/C)C(=O)OO)NCc1cn[nH]n1. The molecule has 0 aromatic carbocycles. The molecule has 18 heavy (non-hydrogen) atoms. The molecule has 1 aromatic rings. The van der Waals surface area contributed by atoms with Crippen molar-refractivity contribution in [3.05, 3.63) is 48.0 Å². The molecule has 0 unspecified atom stereocenters.